The van der Waals surface area contributed by atoms with Gasteiger partial charge in [0, 0.05) is 5.39 Å². The van der Waals surface area contributed by atoms with Gasteiger partial charge in [-0.05, 0) is 34.9 Å². The molecular formula is C30H20NO4P. The van der Waals surface area contributed by atoms with E-state index in [4.69, 9.17) is 4.42 Å². The molecule has 0 saturated carbocycles. The van der Waals surface area contributed by atoms with Crippen molar-refractivity contribution < 1.29 is 14.0 Å². The number of nitrogens with one attached hydrogen (secondary N) is 1. The van der Waals surface area contributed by atoms with Crippen LogP contribution in [-0.4, -0.2) is 17.0 Å². The van der Waals surface area contributed by atoms with E-state index in [0.717, 1.165) is 15.9 Å². The van der Waals surface area contributed by atoms with E-state index >= 15 is 0 Å². The Bertz CT molecular complexity index is 1650. The first-order valence-corrected chi connectivity index (χ1v) is 13.3. The van der Waals surface area contributed by atoms with Crippen LogP contribution in [0.4, 0.5) is 5.69 Å². The second-order valence-corrected chi connectivity index (χ2v) is 11.8. The third kappa shape index (κ3) is 3.21. The minimum absolute atomic E-state index is 0.0566. The van der Waals surface area contributed by atoms with Crippen LogP contribution in [0, 0.1) is 0 Å². The Morgan fingerprint density at radius 2 is 1.06 bits per heavy atom. The molecule has 1 aliphatic heterocycles. The number of rotatable bonds is 3. The number of benzene rings is 4. The fraction of sp³-hybridized carbons (Fsp3) is 0. The Morgan fingerprint density at radius 1 is 0.583 bits per heavy atom. The van der Waals surface area contributed by atoms with Crippen LogP contribution in [0.15, 0.2) is 124 Å². The predicted molar refractivity (Wildman–Crippen MR) is 146 cm³/mol. The smallest absolute Gasteiger partial charge is 0.349 e. The van der Waals surface area contributed by atoms with Crippen molar-refractivity contribution in [3.8, 4) is 0 Å². The van der Waals surface area contributed by atoms with E-state index in [1.807, 2.05) is 91.0 Å². The lowest BCUT2D eigenvalue weighted by atomic mass is 10.0. The van der Waals surface area contributed by atoms with Gasteiger partial charge < -0.3 is 9.73 Å². The lowest BCUT2D eigenvalue weighted by Gasteiger charge is -2.33. The third-order valence-electron chi connectivity index (χ3n) is 6.47. The van der Waals surface area contributed by atoms with Gasteiger partial charge in [0.1, 0.15) is 11.1 Å². The molecule has 0 fully saturated rings. The number of fused-ring (bicyclic) bond motifs is 3. The number of anilines is 1. The second kappa shape index (κ2) is 8.63. The topological polar surface area (TPSA) is 76.4 Å². The third-order valence-corrected chi connectivity index (χ3v) is 10.8. The molecule has 1 amide bonds. The summed E-state index contributed by atoms with van der Waals surface area (Å²) < 4.78 is 5.52. The molecule has 6 rings (SSSR count). The number of carbonyl (C=O) groups is 2. The Hall–Kier alpha value is -4.47. The first-order chi connectivity index (χ1) is 17.6. The van der Waals surface area contributed by atoms with Crippen molar-refractivity contribution in [3.05, 3.63) is 131 Å². The quantitative estimate of drug-likeness (QED) is 0.306. The van der Waals surface area contributed by atoms with Crippen molar-refractivity contribution in [2.24, 2.45) is 0 Å². The van der Waals surface area contributed by atoms with Crippen molar-refractivity contribution in [1.29, 1.82) is 0 Å². The minimum atomic E-state index is -3.00. The average Bonchev–Trinajstić information content (AvgIpc) is 2.92. The molecule has 5 nitrogen and oxygen atoms in total. The molecule has 0 radical (unpaired) electrons. The highest BCUT2D eigenvalue weighted by Crippen LogP contribution is 2.48. The highest BCUT2D eigenvalue weighted by molar-refractivity contribution is 7.97. The summed E-state index contributed by atoms with van der Waals surface area (Å²) in [6.45, 7) is -3.00. The standard InChI is InChI=1S/C30H20NO4P/c32-27-25-26(23-18-10-11-19-24(23)35-30(25)34)31-29(33)28(27)36(20-12-4-1-5-13-20,21-14-6-2-7-15-21)22-16-8-3-9-17-22/h1-19H,(H,31,33). The summed E-state index contributed by atoms with van der Waals surface area (Å²) in [4.78, 5) is 41.5. The maximum Gasteiger partial charge on any atom is 0.349 e. The van der Waals surface area contributed by atoms with E-state index in [-0.39, 0.29) is 16.5 Å². The van der Waals surface area contributed by atoms with Gasteiger partial charge in [-0.25, -0.2) is 4.79 Å². The van der Waals surface area contributed by atoms with Gasteiger partial charge in [-0.3, -0.25) is 9.59 Å². The van der Waals surface area contributed by atoms with Gasteiger partial charge in [0.15, 0.2) is 0 Å². The Morgan fingerprint density at radius 3 is 1.58 bits per heavy atom. The van der Waals surface area contributed by atoms with Crippen LogP contribution in [0.5, 0.6) is 0 Å². The maximum atomic E-state index is 14.3. The molecule has 0 bridgehead atoms. The number of amides is 1. The van der Waals surface area contributed by atoms with Gasteiger partial charge in [0.05, 0.1) is 11.0 Å². The highest BCUT2D eigenvalue weighted by Gasteiger charge is 2.42. The summed E-state index contributed by atoms with van der Waals surface area (Å²) in [7, 11) is 0. The molecule has 0 saturated heterocycles. The van der Waals surface area contributed by atoms with Crippen molar-refractivity contribution in [2.75, 3.05) is 5.32 Å². The number of Topliss-reactive ketones (excluding diaryl/α,β-unsaturated/α-hetero) is 1. The van der Waals surface area contributed by atoms with Gasteiger partial charge in [0.25, 0.3) is 5.91 Å². The summed E-state index contributed by atoms with van der Waals surface area (Å²) in [6, 6.07) is 35.6. The Kier molecular flexibility index (Phi) is 5.28. The average molecular weight is 489 g/mol. The van der Waals surface area contributed by atoms with E-state index in [2.05, 4.69) is 5.32 Å². The predicted octanol–water partition coefficient (Wildman–Crippen LogP) is 4.09. The van der Waals surface area contributed by atoms with Gasteiger partial charge in [-0.15, -0.1) is 0 Å². The van der Waals surface area contributed by atoms with Crippen LogP contribution in [0.3, 0.4) is 0 Å². The van der Waals surface area contributed by atoms with Crippen LogP contribution >= 0.6 is 6.89 Å². The van der Waals surface area contributed by atoms with Gasteiger partial charge >= 0.3 is 5.63 Å². The second-order valence-electron chi connectivity index (χ2n) is 8.45. The van der Waals surface area contributed by atoms with Crippen molar-refractivity contribution >= 4 is 56.4 Å². The summed E-state index contributed by atoms with van der Waals surface area (Å²) >= 11 is 0. The van der Waals surface area contributed by atoms with Crippen molar-refractivity contribution in [1.82, 2.24) is 0 Å². The zero-order valence-electron chi connectivity index (χ0n) is 19.0. The maximum absolute atomic E-state index is 14.3. The lowest BCUT2D eigenvalue weighted by molar-refractivity contribution is -0.110. The molecule has 6 heteroatoms. The molecule has 5 aromatic rings. The van der Waals surface area contributed by atoms with Crippen LogP contribution in [-0.2, 0) is 4.79 Å². The largest absolute Gasteiger partial charge is 0.422 e. The van der Waals surface area contributed by atoms with E-state index < -0.39 is 24.2 Å². The monoisotopic (exact) mass is 489 g/mol. The number of hydrogen-bond acceptors (Lipinski definition) is 4. The van der Waals surface area contributed by atoms with E-state index in [9.17, 15) is 14.4 Å². The lowest BCUT2D eigenvalue weighted by Crippen LogP contribution is -2.44. The van der Waals surface area contributed by atoms with Crippen molar-refractivity contribution in [2.45, 2.75) is 0 Å². The molecule has 1 aliphatic rings. The van der Waals surface area contributed by atoms with Crippen LogP contribution in [0.2, 0.25) is 0 Å². The number of ketones is 1. The Balaban J connectivity index is 1.83. The first kappa shape index (κ1) is 22.0. The molecule has 0 spiro atoms. The zero-order valence-corrected chi connectivity index (χ0v) is 19.9. The molecule has 2 heterocycles. The molecule has 0 unspecified atom stereocenters. The molecular weight excluding hydrogens is 469 g/mol. The van der Waals surface area contributed by atoms with Crippen molar-refractivity contribution in [3.63, 3.8) is 0 Å². The normalized spacial score (nSPS) is 13.4. The van der Waals surface area contributed by atoms with Gasteiger partial charge in [0.2, 0.25) is 5.78 Å². The highest BCUT2D eigenvalue weighted by atomic mass is 31.2. The zero-order chi connectivity index (χ0) is 24.7. The molecule has 1 N–H and O–H groups in total. The molecule has 1 aromatic heterocycles. The molecule has 4 aromatic carbocycles. The number of para-hydroxylation sites is 1. The molecule has 174 valence electrons. The van der Waals surface area contributed by atoms with Gasteiger partial charge in [-0.2, -0.15) is 0 Å². The molecule has 0 atom stereocenters. The summed E-state index contributed by atoms with van der Waals surface area (Å²) in [5, 5.41) is 6.00. The molecule has 36 heavy (non-hydrogen) atoms. The number of hydrogen-bond donors (Lipinski definition) is 1. The van der Waals surface area contributed by atoms with Crippen LogP contribution in [0.1, 0.15) is 10.4 Å². The van der Waals surface area contributed by atoms with E-state index in [1.165, 1.54) is 0 Å². The summed E-state index contributed by atoms with van der Waals surface area (Å²) in [5.41, 5.74) is -0.394. The fourth-order valence-corrected chi connectivity index (χ4v) is 9.28. The SMILES string of the molecule is O=C1Nc2c(c(=O)oc3ccccc23)C(=O)C1=P(c1ccccc1)(c1ccccc1)c1ccccc1. The minimum Gasteiger partial charge on any atom is -0.422 e. The molecule has 0 aliphatic carbocycles. The Labute approximate surface area is 207 Å². The van der Waals surface area contributed by atoms with Gasteiger partial charge in [-0.1, -0.05) is 103 Å². The fourth-order valence-electron chi connectivity index (χ4n) is 4.97. The van der Waals surface area contributed by atoms with E-state index in [1.54, 1.807) is 24.3 Å². The van der Waals surface area contributed by atoms with Crippen LogP contribution in [0.25, 0.3) is 11.0 Å². The summed E-state index contributed by atoms with van der Waals surface area (Å²) in [5.74, 6) is -1.11. The number of carbonyl (C=O) groups excluding carboxylic acids is 2. The van der Waals surface area contributed by atoms with E-state index in [0.29, 0.717) is 11.0 Å². The van der Waals surface area contributed by atoms with Crippen LogP contribution < -0.4 is 26.9 Å². The first-order valence-electron chi connectivity index (χ1n) is 11.5. The summed E-state index contributed by atoms with van der Waals surface area (Å²) in [6.07, 6.45) is 0.